The van der Waals surface area contributed by atoms with Crippen molar-refractivity contribution in [3.63, 3.8) is 0 Å². The Bertz CT molecular complexity index is 2860. The SMILES string of the molecule is CC/C=C\C/C=C\C/C=C\C/C=C\C/C=C\C/C=C\CCC(=O)OCC(COP(=O)(O)OCC(O)COP(=O)(O)OCC(COC(=O)CCCCCC/C=C\C/C=C\C/C=C\C/C=C\CC)OC(=O)CCCCCC/C=C\C/C=C\C/C=C\C/C=C\CC)OC(=O)CCCCCCC/C=C\C/C=C\C/C=C\CC. The zero-order valence-electron chi connectivity index (χ0n) is 66.4. The van der Waals surface area contributed by atoms with Crippen molar-refractivity contribution < 1.29 is 80.2 Å². The fourth-order valence-electron chi connectivity index (χ4n) is 9.77. The van der Waals surface area contributed by atoms with E-state index in [1.807, 2.05) is 18.2 Å². The van der Waals surface area contributed by atoms with E-state index in [0.29, 0.717) is 32.1 Å². The summed E-state index contributed by atoms with van der Waals surface area (Å²) < 4.78 is 68.5. The monoisotopic (exact) mass is 1540 g/mol. The molecule has 0 heterocycles. The van der Waals surface area contributed by atoms with Gasteiger partial charge in [0.05, 0.1) is 26.4 Å². The van der Waals surface area contributed by atoms with Crippen LogP contribution in [0.4, 0.5) is 0 Å². The van der Waals surface area contributed by atoms with E-state index in [0.717, 1.165) is 186 Å². The second-order valence-corrected chi connectivity index (χ2v) is 28.7. The molecule has 0 amide bonds. The summed E-state index contributed by atoms with van der Waals surface area (Å²) in [6, 6.07) is 0. The van der Waals surface area contributed by atoms with Crippen LogP contribution in [0.15, 0.2) is 207 Å². The van der Waals surface area contributed by atoms with Crippen LogP contribution in [0.5, 0.6) is 0 Å². The van der Waals surface area contributed by atoms with Crippen LogP contribution in [-0.2, 0) is 65.4 Å². The first-order chi connectivity index (χ1) is 52.7. The summed E-state index contributed by atoms with van der Waals surface area (Å²) in [6.45, 7) is 4.23. The summed E-state index contributed by atoms with van der Waals surface area (Å²) in [4.78, 5) is 73.1. The summed E-state index contributed by atoms with van der Waals surface area (Å²) in [6.07, 6.45) is 98.2. The van der Waals surface area contributed by atoms with Crippen molar-refractivity contribution in [2.24, 2.45) is 0 Å². The number of allylic oxidation sites excluding steroid dienone is 34. The predicted molar refractivity (Wildman–Crippen MR) is 445 cm³/mol. The van der Waals surface area contributed by atoms with Crippen LogP contribution in [0.25, 0.3) is 0 Å². The molecule has 608 valence electrons. The Morgan fingerprint density at radius 1 is 0.259 bits per heavy atom. The van der Waals surface area contributed by atoms with Gasteiger partial charge in [0, 0.05) is 25.7 Å². The van der Waals surface area contributed by atoms with Crippen molar-refractivity contribution >= 4 is 39.5 Å². The Hall–Kier alpha value is -6.36. The van der Waals surface area contributed by atoms with E-state index in [4.69, 9.17) is 37.0 Å². The number of rotatable bonds is 73. The molecule has 17 nitrogen and oxygen atoms in total. The van der Waals surface area contributed by atoms with Gasteiger partial charge in [-0.3, -0.25) is 37.3 Å². The first-order valence-corrected chi connectivity index (χ1v) is 43.3. The number of esters is 4. The van der Waals surface area contributed by atoms with E-state index in [9.17, 15) is 43.2 Å². The van der Waals surface area contributed by atoms with Gasteiger partial charge in [0.2, 0.25) is 0 Å². The minimum atomic E-state index is -5.02. The highest BCUT2D eigenvalue weighted by Gasteiger charge is 2.30. The van der Waals surface area contributed by atoms with E-state index in [1.54, 1.807) is 0 Å². The molecule has 0 bridgehead atoms. The highest BCUT2D eigenvalue weighted by molar-refractivity contribution is 7.47. The first-order valence-electron chi connectivity index (χ1n) is 40.3. The van der Waals surface area contributed by atoms with E-state index in [-0.39, 0.29) is 25.7 Å². The molecular formula is C89H140O17P2. The quantitative estimate of drug-likeness (QED) is 0.0169. The fraction of sp³-hybridized carbons (Fsp3) is 0.573. The van der Waals surface area contributed by atoms with Gasteiger partial charge in [-0.25, -0.2) is 9.13 Å². The first kappa shape index (κ1) is 102. The van der Waals surface area contributed by atoms with Crippen LogP contribution in [0, 0.1) is 0 Å². The Balaban J connectivity index is 5.52. The maximum atomic E-state index is 13.1. The van der Waals surface area contributed by atoms with Crippen molar-refractivity contribution in [1.82, 2.24) is 0 Å². The number of aliphatic hydroxyl groups excluding tert-OH is 1. The molecular weight excluding hydrogens is 1400 g/mol. The fourth-order valence-corrected chi connectivity index (χ4v) is 11.3. The smallest absolute Gasteiger partial charge is 0.462 e. The third-order valence-corrected chi connectivity index (χ3v) is 17.6. The van der Waals surface area contributed by atoms with Crippen molar-refractivity contribution in [2.75, 3.05) is 39.6 Å². The lowest BCUT2D eigenvalue weighted by molar-refractivity contribution is -0.161. The topological polar surface area (TPSA) is 237 Å². The molecule has 0 aromatic rings. The number of hydrogen-bond donors (Lipinski definition) is 3. The summed E-state index contributed by atoms with van der Waals surface area (Å²) in [5.74, 6) is -2.37. The van der Waals surface area contributed by atoms with Gasteiger partial charge in [-0.2, -0.15) is 0 Å². The Morgan fingerprint density at radius 3 is 0.750 bits per heavy atom. The molecule has 0 aliphatic rings. The zero-order chi connectivity index (χ0) is 78.9. The van der Waals surface area contributed by atoms with Crippen LogP contribution < -0.4 is 0 Å². The molecule has 0 fully saturated rings. The zero-order valence-corrected chi connectivity index (χ0v) is 68.2. The second kappa shape index (κ2) is 78.8. The van der Waals surface area contributed by atoms with Crippen molar-refractivity contribution in [1.29, 1.82) is 0 Å². The van der Waals surface area contributed by atoms with E-state index >= 15 is 0 Å². The third kappa shape index (κ3) is 77.8. The standard InChI is InChI=1S/C89H140O17P2/c1-5-9-13-17-21-25-29-33-37-40-41-44-47-50-54-58-62-66-70-74-87(92)100-79-84(105-88(93)75-71-67-63-59-55-51-45-36-32-28-24-20-16-12-8-4)81-103-107(95,96)101-77-83(90)78-102-108(97,98)104-82-85(106-89(94)76-72-68-64-60-56-52-48-43-39-35-31-27-23-19-15-11-7-3)80-99-86(91)73-69-65-61-57-53-49-46-42-38-34-30-26-22-18-14-10-6-2/h9-16,21-28,33-39,41,44-46,48-50,52,54,62,66,83-85,90H,5-8,17-20,29-32,40,42-43,47,51,53,55-61,63-65,67-82H2,1-4H3,(H,95,96)(H,97,98)/b13-9-,14-10-,15-11-,16-12-,25-21-,26-22-,27-23-,28-24-,37-33-,38-34-,39-35-,44-41-,45-36-,49-46-,52-48-,54-50-,66-62-. The van der Waals surface area contributed by atoms with Gasteiger partial charge in [0.1, 0.15) is 19.3 Å². The number of unbranched alkanes of at least 4 members (excludes halogenated alkanes) is 13. The third-order valence-electron chi connectivity index (χ3n) is 15.7. The molecule has 0 radical (unpaired) electrons. The Labute approximate surface area is 652 Å². The van der Waals surface area contributed by atoms with Gasteiger partial charge in [0.25, 0.3) is 0 Å². The maximum absolute atomic E-state index is 13.1. The van der Waals surface area contributed by atoms with Crippen molar-refractivity contribution in [2.45, 2.75) is 290 Å². The van der Waals surface area contributed by atoms with Gasteiger partial charge in [0.15, 0.2) is 12.2 Å². The van der Waals surface area contributed by atoms with E-state index in [1.165, 1.54) is 0 Å². The van der Waals surface area contributed by atoms with Gasteiger partial charge in [-0.15, -0.1) is 0 Å². The number of ether oxygens (including phenoxy) is 4. The molecule has 0 aromatic carbocycles. The molecule has 0 saturated heterocycles. The lowest BCUT2D eigenvalue weighted by Crippen LogP contribution is -2.30. The van der Waals surface area contributed by atoms with E-state index in [2.05, 4.69) is 216 Å². The highest BCUT2D eigenvalue weighted by atomic mass is 31.2. The van der Waals surface area contributed by atoms with Gasteiger partial charge < -0.3 is 33.8 Å². The number of phosphoric acid groups is 2. The second-order valence-electron chi connectivity index (χ2n) is 25.8. The molecule has 5 atom stereocenters. The molecule has 0 saturated carbocycles. The summed E-state index contributed by atoms with van der Waals surface area (Å²) in [7, 11) is -10.0. The summed E-state index contributed by atoms with van der Waals surface area (Å²) in [5, 5.41) is 10.7. The molecule has 0 aliphatic carbocycles. The molecule has 0 spiro atoms. The number of aliphatic hydroxyl groups is 1. The van der Waals surface area contributed by atoms with Crippen LogP contribution in [0.2, 0.25) is 0 Å². The summed E-state index contributed by atoms with van der Waals surface area (Å²) in [5.41, 5.74) is 0. The molecule has 0 rings (SSSR count). The maximum Gasteiger partial charge on any atom is 0.472 e. The number of carbonyl (C=O) groups is 4. The molecule has 5 unspecified atom stereocenters. The largest absolute Gasteiger partial charge is 0.472 e. The van der Waals surface area contributed by atoms with Gasteiger partial charge >= 0.3 is 39.5 Å². The average Bonchev–Trinajstić information content (AvgIpc) is 0.901. The minimum absolute atomic E-state index is 0.0230. The number of hydrogen-bond acceptors (Lipinski definition) is 15. The van der Waals surface area contributed by atoms with Crippen LogP contribution >= 0.6 is 15.6 Å². The predicted octanol–water partition coefficient (Wildman–Crippen LogP) is 23.9. The molecule has 3 N–H and O–H groups in total. The Kier molecular flexibility index (Phi) is 74.1. The molecule has 19 heteroatoms. The minimum Gasteiger partial charge on any atom is -0.462 e. The highest BCUT2D eigenvalue weighted by Crippen LogP contribution is 2.45. The van der Waals surface area contributed by atoms with Crippen LogP contribution in [-0.4, -0.2) is 96.7 Å². The molecule has 108 heavy (non-hydrogen) atoms. The molecule has 0 aliphatic heterocycles. The number of phosphoric ester groups is 2. The lowest BCUT2D eigenvalue weighted by atomic mass is 10.1. The average molecular weight is 1540 g/mol. The normalized spacial score (nSPS) is 14.9. The van der Waals surface area contributed by atoms with Crippen LogP contribution in [0.1, 0.15) is 272 Å². The van der Waals surface area contributed by atoms with Crippen molar-refractivity contribution in [3.8, 4) is 0 Å². The molecule has 0 aromatic heterocycles. The van der Waals surface area contributed by atoms with E-state index < -0.39 is 97.5 Å². The van der Waals surface area contributed by atoms with Crippen LogP contribution in [0.3, 0.4) is 0 Å². The Morgan fingerprint density at radius 2 is 0.472 bits per heavy atom. The van der Waals surface area contributed by atoms with Crippen molar-refractivity contribution in [3.05, 3.63) is 207 Å². The van der Waals surface area contributed by atoms with Gasteiger partial charge in [-0.05, 0) is 173 Å². The lowest BCUT2D eigenvalue weighted by Gasteiger charge is -2.21. The number of carbonyl (C=O) groups excluding carboxylic acids is 4. The summed E-state index contributed by atoms with van der Waals surface area (Å²) >= 11 is 0. The van der Waals surface area contributed by atoms with Gasteiger partial charge in [-0.1, -0.05) is 279 Å².